The minimum Gasteiger partial charge on any atom is -0.508 e. The summed E-state index contributed by atoms with van der Waals surface area (Å²) in [6.45, 7) is 5.94. The lowest BCUT2D eigenvalue weighted by Crippen LogP contribution is -2.29. The van der Waals surface area contributed by atoms with Crippen LogP contribution in [-0.4, -0.2) is 56.1 Å². The van der Waals surface area contributed by atoms with Crippen molar-refractivity contribution in [3.63, 3.8) is 0 Å². The molecule has 1 N–H and O–H groups in total. The van der Waals surface area contributed by atoms with E-state index in [1.165, 1.54) is 38.8 Å². The smallest absolute Gasteiger partial charge is 0.134 e. The van der Waals surface area contributed by atoms with Crippen LogP contribution in [0.25, 0.3) is 28.9 Å². The Bertz CT molecular complexity index is 1300. The van der Waals surface area contributed by atoms with Crippen LogP contribution in [0.2, 0.25) is 0 Å². The molecule has 0 spiro atoms. The lowest BCUT2D eigenvalue weighted by molar-refractivity contribution is 0.159. The summed E-state index contributed by atoms with van der Waals surface area (Å²) >= 11 is 0. The number of rotatable bonds is 5. The van der Waals surface area contributed by atoms with Crippen LogP contribution in [0.15, 0.2) is 47.7 Å². The number of hydrogen-bond acceptors (Lipinski definition) is 5. The van der Waals surface area contributed by atoms with E-state index >= 15 is 0 Å². The van der Waals surface area contributed by atoms with Crippen LogP contribution < -0.4 is 19.9 Å². The van der Waals surface area contributed by atoms with Crippen LogP contribution in [0.5, 0.6) is 11.5 Å². The summed E-state index contributed by atoms with van der Waals surface area (Å²) in [4.78, 5) is 2.53. The van der Waals surface area contributed by atoms with Crippen LogP contribution in [0.4, 0.5) is 0 Å². The molecule has 2 aromatic carbocycles. The number of benzene rings is 2. The molecule has 0 radical (unpaired) electrons. The van der Waals surface area contributed by atoms with Gasteiger partial charge in [-0.3, -0.25) is 4.90 Å². The summed E-state index contributed by atoms with van der Waals surface area (Å²) in [6.07, 6.45) is 13.0. The normalized spacial score (nSPS) is 19.8. The SMILES string of the molecule is OC1=Cc2c3c(cc(-c4ccc(OCCN5CCCCCC5)cc4)c2=C2COCCC2=C1)=CCCO3. The van der Waals surface area contributed by atoms with E-state index < -0.39 is 0 Å². The second kappa shape index (κ2) is 10.5. The Labute approximate surface area is 213 Å². The molecule has 0 bridgehead atoms. The molecule has 2 aromatic rings. The number of allylic oxidation sites excluding steroid dienone is 1. The first-order chi connectivity index (χ1) is 17.8. The summed E-state index contributed by atoms with van der Waals surface area (Å²) in [7, 11) is 0. The molecule has 3 heterocycles. The van der Waals surface area contributed by atoms with Gasteiger partial charge in [-0.05, 0) is 90.2 Å². The second-order valence-corrected chi connectivity index (χ2v) is 10.1. The third kappa shape index (κ3) is 4.82. The number of ether oxygens (including phenoxy) is 3. The van der Waals surface area contributed by atoms with E-state index in [2.05, 4.69) is 41.3 Å². The maximum absolute atomic E-state index is 10.7. The first-order valence-electron chi connectivity index (χ1n) is 13.4. The number of likely N-dealkylation sites (tertiary alicyclic amines) is 1. The highest BCUT2D eigenvalue weighted by Gasteiger charge is 2.23. The van der Waals surface area contributed by atoms with Gasteiger partial charge in [0.25, 0.3) is 0 Å². The van der Waals surface area contributed by atoms with Gasteiger partial charge in [0.15, 0.2) is 0 Å². The van der Waals surface area contributed by atoms with E-state index in [0.29, 0.717) is 26.4 Å². The average Bonchev–Trinajstić information content (AvgIpc) is 3.26. The van der Waals surface area contributed by atoms with E-state index in [1.54, 1.807) is 0 Å². The molecule has 1 aliphatic carbocycles. The predicted octanol–water partition coefficient (Wildman–Crippen LogP) is 4.58. The quantitative estimate of drug-likeness (QED) is 0.672. The van der Waals surface area contributed by atoms with Crippen LogP contribution in [0.3, 0.4) is 0 Å². The Morgan fingerprint density at radius 3 is 2.64 bits per heavy atom. The summed E-state index contributed by atoms with van der Waals surface area (Å²) < 4.78 is 18.1. The number of nitrogens with zero attached hydrogens (tertiary/aromatic N) is 1. The topological polar surface area (TPSA) is 51.2 Å². The zero-order chi connectivity index (χ0) is 24.3. The first kappa shape index (κ1) is 23.4. The van der Waals surface area contributed by atoms with E-state index in [1.807, 2.05) is 12.2 Å². The Morgan fingerprint density at radius 2 is 1.81 bits per heavy atom. The van der Waals surface area contributed by atoms with Crippen molar-refractivity contribution in [1.82, 2.24) is 4.90 Å². The summed E-state index contributed by atoms with van der Waals surface area (Å²) in [6, 6.07) is 10.7. The Balaban J connectivity index is 1.34. The van der Waals surface area contributed by atoms with Gasteiger partial charge < -0.3 is 19.3 Å². The lowest BCUT2D eigenvalue weighted by atomic mass is 9.90. The van der Waals surface area contributed by atoms with Crippen molar-refractivity contribution in [2.75, 3.05) is 46.1 Å². The highest BCUT2D eigenvalue weighted by Crippen LogP contribution is 2.31. The average molecular weight is 486 g/mol. The van der Waals surface area contributed by atoms with Crippen LogP contribution in [0.1, 0.15) is 44.1 Å². The molecule has 36 heavy (non-hydrogen) atoms. The van der Waals surface area contributed by atoms with E-state index in [-0.39, 0.29) is 5.76 Å². The fourth-order valence-corrected chi connectivity index (χ4v) is 5.83. The van der Waals surface area contributed by atoms with Crippen molar-refractivity contribution < 1.29 is 19.3 Å². The maximum atomic E-state index is 10.7. The van der Waals surface area contributed by atoms with Crippen LogP contribution >= 0.6 is 0 Å². The molecule has 0 aromatic heterocycles. The molecule has 0 atom stereocenters. The van der Waals surface area contributed by atoms with Gasteiger partial charge in [0.2, 0.25) is 0 Å². The Hall–Kier alpha value is -3.02. The zero-order valence-electron chi connectivity index (χ0n) is 20.9. The van der Waals surface area contributed by atoms with Crippen molar-refractivity contribution in [2.45, 2.75) is 38.5 Å². The monoisotopic (exact) mass is 485 g/mol. The van der Waals surface area contributed by atoms with Gasteiger partial charge in [-0.2, -0.15) is 0 Å². The first-order valence-corrected chi connectivity index (χ1v) is 13.4. The molecular weight excluding hydrogens is 450 g/mol. The standard InChI is InChI=1S/C31H35NO4/c33-25-18-23-11-16-34-21-29(23)30-27(19-24-6-5-15-36-31(24)28(30)20-25)22-7-9-26(10-8-22)35-17-14-32-12-3-1-2-4-13-32/h6-10,18-20,33H,1-5,11-17,21H2. The van der Waals surface area contributed by atoms with Gasteiger partial charge in [-0.1, -0.05) is 31.1 Å². The molecule has 188 valence electrons. The summed E-state index contributed by atoms with van der Waals surface area (Å²) in [5.41, 5.74) is 5.49. The number of fused-ring (bicyclic) bond motifs is 4. The molecule has 3 aliphatic heterocycles. The molecule has 4 aliphatic rings. The summed E-state index contributed by atoms with van der Waals surface area (Å²) in [5.74, 6) is 2.02. The molecular formula is C31H35NO4. The molecule has 0 amide bonds. The molecule has 5 nitrogen and oxygen atoms in total. The predicted molar refractivity (Wildman–Crippen MR) is 144 cm³/mol. The third-order valence-electron chi connectivity index (χ3n) is 7.68. The molecule has 6 rings (SSSR count). The van der Waals surface area contributed by atoms with Crippen molar-refractivity contribution in [3.8, 4) is 22.6 Å². The third-order valence-corrected chi connectivity index (χ3v) is 7.68. The van der Waals surface area contributed by atoms with E-state index in [4.69, 9.17) is 14.2 Å². The van der Waals surface area contributed by atoms with Gasteiger partial charge in [0.05, 0.1) is 19.8 Å². The fraction of sp³-hybridized carbons (Fsp3) is 0.419. The molecule has 2 saturated heterocycles. The highest BCUT2D eigenvalue weighted by molar-refractivity contribution is 5.83. The van der Waals surface area contributed by atoms with Gasteiger partial charge in [0, 0.05) is 23.7 Å². The van der Waals surface area contributed by atoms with Crippen LogP contribution in [0, 0.1) is 0 Å². The number of hydrogen-bond donors (Lipinski definition) is 1. The van der Waals surface area contributed by atoms with Crippen molar-refractivity contribution >= 4 is 17.7 Å². The zero-order valence-corrected chi connectivity index (χ0v) is 20.9. The highest BCUT2D eigenvalue weighted by atomic mass is 16.5. The number of aliphatic hydroxyl groups excluding tert-OH is 1. The Kier molecular flexibility index (Phi) is 6.84. The van der Waals surface area contributed by atoms with Gasteiger partial charge >= 0.3 is 0 Å². The lowest BCUT2D eigenvalue weighted by Gasteiger charge is -2.22. The largest absolute Gasteiger partial charge is 0.508 e. The van der Waals surface area contributed by atoms with Crippen molar-refractivity contribution in [3.05, 3.63) is 63.7 Å². The molecule has 2 fully saturated rings. The van der Waals surface area contributed by atoms with Gasteiger partial charge in [-0.25, -0.2) is 0 Å². The summed E-state index contributed by atoms with van der Waals surface area (Å²) in [5, 5.41) is 12.9. The maximum Gasteiger partial charge on any atom is 0.134 e. The fourth-order valence-electron chi connectivity index (χ4n) is 5.83. The minimum absolute atomic E-state index is 0.268. The van der Waals surface area contributed by atoms with Gasteiger partial charge in [-0.15, -0.1) is 0 Å². The van der Waals surface area contributed by atoms with E-state index in [9.17, 15) is 5.11 Å². The Morgan fingerprint density at radius 1 is 0.972 bits per heavy atom. The molecule has 0 unspecified atom stereocenters. The number of aliphatic hydroxyl groups is 1. The van der Waals surface area contributed by atoms with E-state index in [0.717, 1.165) is 69.2 Å². The van der Waals surface area contributed by atoms with Crippen molar-refractivity contribution in [2.24, 2.45) is 0 Å². The molecule has 0 saturated carbocycles. The second-order valence-electron chi connectivity index (χ2n) is 10.1. The minimum atomic E-state index is 0.268. The molecule has 5 heteroatoms. The van der Waals surface area contributed by atoms with Gasteiger partial charge in [0.1, 0.15) is 23.9 Å². The van der Waals surface area contributed by atoms with Crippen molar-refractivity contribution in [1.29, 1.82) is 0 Å². The van der Waals surface area contributed by atoms with Crippen LogP contribution in [-0.2, 0) is 4.74 Å².